The summed E-state index contributed by atoms with van der Waals surface area (Å²) in [4.78, 5) is 4.50. The molecule has 0 amide bonds. The van der Waals surface area contributed by atoms with Crippen molar-refractivity contribution in [1.29, 1.82) is 0 Å². The highest BCUT2D eigenvalue weighted by molar-refractivity contribution is 7.89. The van der Waals surface area contributed by atoms with Gasteiger partial charge in [-0.3, -0.25) is 0 Å². The van der Waals surface area contributed by atoms with Gasteiger partial charge in [-0.15, -0.1) is 0 Å². The number of hydrogen-bond donors (Lipinski definition) is 0. The third kappa shape index (κ3) is 2.82. The molecule has 0 spiro atoms. The molecule has 146 valence electrons. The van der Waals surface area contributed by atoms with Crippen LogP contribution in [0.3, 0.4) is 0 Å². The molecule has 3 aromatic rings. The highest BCUT2D eigenvalue weighted by Gasteiger charge is 2.32. The average molecular weight is 400 g/mol. The highest BCUT2D eigenvalue weighted by atomic mass is 32.2. The van der Waals surface area contributed by atoms with E-state index in [0.29, 0.717) is 24.6 Å². The molecule has 2 aliphatic rings. The van der Waals surface area contributed by atoms with E-state index in [0.717, 1.165) is 29.7 Å². The van der Waals surface area contributed by atoms with Crippen LogP contribution in [0.5, 0.6) is 11.5 Å². The molecule has 2 aromatic heterocycles. The molecule has 0 N–H and O–H groups in total. The van der Waals surface area contributed by atoms with Gasteiger partial charge in [0.1, 0.15) is 0 Å². The number of aromatic nitrogens is 3. The molecule has 0 atom stereocenters. The molecule has 2 aliphatic heterocycles. The first-order chi connectivity index (χ1) is 13.5. The van der Waals surface area contributed by atoms with Gasteiger partial charge in [0, 0.05) is 37.5 Å². The lowest BCUT2D eigenvalue weighted by Crippen LogP contribution is -2.38. The second-order valence-electron chi connectivity index (χ2n) is 7.14. The van der Waals surface area contributed by atoms with Crippen molar-refractivity contribution in [3.63, 3.8) is 0 Å². The summed E-state index contributed by atoms with van der Waals surface area (Å²) < 4.78 is 40.0. The van der Waals surface area contributed by atoms with Crippen LogP contribution in [0.2, 0.25) is 0 Å². The summed E-state index contributed by atoms with van der Waals surface area (Å²) in [5.41, 5.74) is 2.94. The molecule has 1 aromatic carbocycles. The van der Waals surface area contributed by atoms with Crippen molar-refractivity contribution in [3.8, 4) is 11.5 Å². The van der Waals surface area contributed by atoms with Gasteiger partial charge in [-0.1, -0.05) is 0 Å². The van der Waals surface area contributed by atoms with Gasteiger partial charge >= 0.3 is 0 Å². The lowest BCUT2D eigenvalue weighted by atomic mass is 9.92. The number of ether oxygens (including phenoxy) is 2. The van der Waals surface area contributed by atoms with Gasteiger partial charge < -0.3 is 9.47 Å². The molecule has 9 heteroatoms. The Kier molecular flexibility index (Phi) is 4.02. The van der Waals surface area contributed by atoms with Crippen molar-refractivity contribution in [1.82, 2.24) is 18.9 Å². The van der Waals surface area contributed by atoms with Crippen LogP contribution in [0.25, 0.3) is 5.65 Å². The first kappa shape index (κ1) is 17.4. The summed E-state index contributed by atoms with van der Waals surface area (Å²) >= 11 is 0. The fraction of sp³-hybridized carbons (Fsp3) is 0.368. The zero-order valence-corrected chi connectivity index (χ0v) is 16.2. The normalized spacial score (nSPS) is 18.0. The molecule has 28 heavy (non-hydrogen) atoms. The van der Waals surface area contributed by atoms with Gasteiger partial charge in [-0.2, -0.15) is 9.40 Å². The van der Waals surface area contributed by atoms with E-state index in [9.17, 15) is 8.42 Å². The largest absolute Gasteiger partial charge is 0.454 e. The van der Waals surface area contributed by atoms with Crippen LogP contribution in [0, 0.1) is 6.92 Å². The summed E-state index contributed by atoms with van der Waals surface area (Å²) in [6.07, 6.45) is 5.03. The fourth-order valence-corrected chi connectivity index (χ4v) is 5.40. The molecule has 0 saturated carbocycles. The maximum Gasteiger partial charge on any atom is 0.243 e. The molecule has 0 bridgehead atoms. The molecule has 5 rings (SSSR count). The topological polar surface area (TPSA) is 86.0 Å². The van der Waals surface area contributed by atoms with E-state index in [4.69, 9.17) is 14.6 Å². The van der Waals surface area contributed by atoms with Crippen LogP contribution in [0.15, 0.2) is 41.6 Å². The molecule has 8 nitrogen and oxygen atoms in total. The van der Waals surface area contributed by atoms with Gasteiger partial charge in [0.2, 0.25) is 16.8 Å². The minimum atomic E-state index is -3.56. The van der Waals surface area contributed by atoms with E-state index < -0.39 is 10.0 Å². The molecule has 4 heterocycles. The number of hydrogen-bond acceptors (Lipinski definition) is 6. The number of benzene rings is 1. The molecular formula is C19H20N4O4S. The van der Waals surface area contributed by atoms with Crippen LogP contribution >= 0.6 is 0 Å². The van der Waals surface area contributed by atoms with E-state index >= 15 is 0 Å². The summed E-state index contributed by atoms with van der Waals surface area (Å²) in [6.45, 7) is 3.08. The van der Waals surface area contributed by atoms with Gasteiger partial charge in [0.25, 0.3) is 0 Å². The number of imidazole rings is 1. The van der Waals surface area contributed by atoms with Crippen LogP contribution in [0.1, 0.15) is 30.0 Å². The number of aryl methyl sites for hydroxylation is 1. The van der Waals surface area contributed by atoms with E-state index in [-0.39, 0.29) is 17.6 Å². The van der Waals surface area contributed by atoms with Gasteiger partial charge in [0.15, 0.2) is 17.1 Å². The Morgan fingerprint density at radius 3 is 2.71 bits per heavy atom. The zero-order valence-electron chi connectivity index (χ0n) is 15.4. The van der Waals surface area contributed by atoms with E-state index in [1.165, 1.54) is 0 Å². The number of piperidine rings is 1. The minimum Gasteiger partial charge on any atom is -0.454 e. The number of rotatable bonds is 3. The van der Waals surface area contributed by atoms with Crippen molar-refractivity contribution in [2.45, 2.75) is 30.6 Å². The molecular weight excluding hydrogens is 380 g/mol. The Morgan fingerprint density at radius 2 is 1.89 bits per heavy atom. The summed E-state index contributed by atoms with van der Waals surface area (Å²) in [5, 5.41) is 4.70. The highest BCUT2D eigenvalue weighted by Crippen LogP contribution is 2.36. The molecule has 0 radical (unpaired) electrons. The molecule has 1 fully saturated rings. The second-order valence-corrected chi connectivity index (χ2v) is 9.07. The number of fused-ring (bicyclic) bond motifs is 2. The van der Waals surface area contributed by atoms with E-state index in [1.54, 1.807) is 33.2 Å². The Morgan fingerprint density at radius 1 is 1.11 bits per heavy atom. The predicted octanol–water partition coefficient (Wildman–Crippen LogP) is 2.33. The van der Waals surface area contributed by atoms with Crippen LogP contribution in [-0.2, 0) is 10.0 Å². The van der Waals surface area contributed by atoms with Crippen LogP contribution in [-0.4, -0.2) is 47.2 Å². The number of nitrogens with zero attached hydrogens (tertiary/aromatic N) is 4. The van der Waals surface area contributed by atoms with Crippen molar-refractivity contribution >= 4 is 15.7 Å². The average Bonchev–Trinajstić information content (AvgIpc) is 3.35. The standard InChI is InChI=1S/C19H20N4O4S/c1-13-10-18-20-6-9-23(18)21-19(13)14-4-7-22(8-5-14)28(24,25)15-2-3-16-17(11-15)27-12-26-16/h2-3,6,9-11,14H,4-5,7-8,12H2,1H3. The van der Waals surface area contributed by atoms with Crippen LogP contribution < -0.4 is 9.47 Å². The number of sulfonamides is 1. The summed E-state index contributed by atoms with van der Waals surface area (Å²) in [7, 11) is -3.56. The quantitative estimate of drug-likeness (QED) is 0.671. The molecule has 0 unspecified atom stereocenters. The lowest BCUT2D eigenvalue weighted by Gasteiger charge is -2.31. The third-order valence-corrected chi connectivity index (χ3v) is 7.33. The van der Waals surface area contributed by atoms with Crippen LogP contribution in [0.4, 0.5) is 0 Å². The van der Waals surface area contributed by atoms with Crippen molar-refractivity contribution in [2.24, 2.45) is 0 Å². The van der Waals surface area contributed by atoms with E-state index in [2.05, 4.69) is 4.98 Å². The van der Waals surface area contributed by atoms with E-state index in [1.807, 2.05) is 19.2 Å². The first-order valence-corrected chi connectivity index (χ1v) is 10.7. The zero-order chi connectivity index (χ0) is 19.3. The Bertz CT molecular complexity index is 1150. The Hall–Kier alpha value is -2.65. The van der Waals surface area contributed by atoms with Gasteiger partial charge in [-0.05, 0) is 43.5 Å². The minimum absolute atomic E-state index is 0.123. The second kappa shape index (κ2) is 6.46. The van der Waals surface area contributed by atoms with Crippen molar-refractivity contribution in [2.75, 3.05) is 19.9 Å². The smallest absolute Gasteiger partial charge is 0.243 e. The lowest BCUT2D eigenvalue weighted by molar-refractivity contribution is 0.174. The van der Waals surface area contributed by atoms with Gasteiger partial charge in [0.05, 0.1) is 10.6 Å². The van der Waals surface area contributed by atoms with Gasteiger partial charge in [-0.25, -0.2) is 17.9 Å². The maximum absolute atomic E-state index is 13.0. The summed E-state index contributed by atoms with van der Waals surface area (Å²) in [6, 6.07) is 6.80. The maximum atomic E-state index is 13.0. The van der Waals surface area contributed by atoms with Crippen molar-refractivity contribution < 1.29 is 17.9 Å². The Labute approximate surface area is 162 Å². The molecule has 1 saturated heterocycles. The SMILES string of the molecule is Cc1cc2nccn2nc1C1CCN(S(=O)(=O)c2ccc3c(c2)OCO3)CC1. The molecule has 0 aliphatic carbocycles. The predicted molar refractivity (Wildman–Crippen MR) is 101 cm³/mol. The first-order valence-electron chi connectivity index (χ1n) is 9.23. The Balaban J connectivity index is 1.35. The summed E-state index contributed by atoms with van der Waals surface area (Å²) in [5.74, 6) is 1.29. The third-order valence-electron chi connectivity index (χ3n) is 5.44. The monoisotopic (exact) mass is 400 g/mol. The fourth-order valence-electron chi connectivity index (χ4n) is 3.92. The van der Waals surface area contributed by atoms with Crippen molar-refractivity contribution in [3.05, 3.63) is 47.9 Å².